The summed E-state index contributed by atoms with van der Waals surface area (Å²) >= 11 is 1.76. The maximum atomic E-state index is 6.49. The lowest BCUT2D eigenvalue weighted by molar-refractivity contribution is 0.578. The predicted molar refractivity (Wildman–Crippen MR) is 270 cm³/mol. The Morgan fingerprint density at radius 2 is 1.14 bits per heavy atom. The molecule has 0 N–H and O–H groups in total. The van der Waals surface area contributed by atoms with Crippen LogP contribution in [0.5, 0.6) is 0 Å². The summed E-state index contributed by atoms with van der Waals surface area (Å²) in [4.78, 5) is 16.1. The van der Waals surface area contributed by atoms with Crippen molar-refractivity contribution in [2.75, 3.05) is 0 Å². The molecule has 6 nitrogen and oxygen atoms in total. The maximum absolute atomic E-state index is 6.49. The topological polar surface area (TPSA) is 69.9 Å². The summed E-state index contributed by atoms with van der Waals surface area (Å²) in [5.41, 5.74) is 9.07. The molecule has 0 aliphatic heterocycles. The number of para-hydroxylation sites is 2. The quantitative estimate of drug-likeness (QED) is 0.172. The van der Waals surface area contributed by atoms with Gasteiger partial charge in [0, 0.05) is 69.5 Å². The summed E-state index contributed by atoms with van der Waals surface area (Å²) in [5, 5.41) is 12.7. The van der Waals surface area contributed by atoms with E-state index in [-0.39, 0.29) is 0 Å². The zero-order valence-corrected chi connectivity index (χ0v) is 35.8. The van der Waals surface area contributed by atoms with Crippen LogP contribution in [0.15, 0.2) is 185 Å². The average Bonchev–Trinajstić information content (AvgIpc) is 4.11. The maximum Gasteiger partial charge on any atom is 0.167 e. The van der Waals surface area contributed by atoms with Crippen molar-refractivity contribution in [3.63, 3.8) is 0 Å². The van der Waals surface area contributed by atoms with Gasteiger partial charge < -0.3 is 13.4 Å². The van der Waals surface area contributed by atoms with Crippen molar-refractivity contribution in [3.05, 3.63) is 188 Å². The first-order valence-electron chi connectivity index (χ1n) is 21.7. The van der Waals surface area contributed by atoms with Crippen LogP contribution >= 0.6 is 11.3 Å². The zero-order chi connectivity index (χ0) is 42.9. The highest BCUT2D eigenvalue weighted by Gasteiger charge is 2.24. The second-order valence-electron chi connectivity index (χ2n) is 16.7. The van der Waals surface area contributed by atoms with Gasteiger partial charge in [0.15, 0.2) is 17.5 Å². The summed E-state index contributed by atoms with van der Waals surface area (Å²) in [6, 6.07) is 60.2. The largest absolute Gasteiger partial charge is 0.460 e. The van der Waals surface area contributed by atoms with Gasteiger partial charge in [0.1, 0.15) is 22.5 Å². The second-order valence-corrected chi connectivity index (χ2v) is 17.8. The van der Waals surface area contributed by atoms with Gasteiger partial charge in [-0.25, -0.2) is 15.0 Å². The van der Waals surface area contributed by atoms with Crippen molar-refractivity contribution in [1.29, 1.82) is 0 Å². The number of nitrogens with zero attached hydrogens (tertiary/aromatic N) is 4. The van der Waals surface area contributed by atoms with Crippen LogP contribution in [-0.2, 0) is 0 Å². The molecule has 0 spiro atoms. The molecule has 0 aliphatic carbocycles. The Hall–Kier alpha value is -8.39. The molecule has 0 atom stereocenters. The highest BCUT2D eigenvalue weighted by Crippen LogP contribution is 2.46. The van der Waals surface area contributed by atoms with E-state index in [0.29, 0.717) is 23.1 Å². The molecular weight excluding hydrogens is 817 g/mol. The third-order valence-corrected chi connectivity index (χ3v) is 14.4. The van der Waals surface area contributed by atoms with Crippen LogP contribution in [0.1, 0.15) is 11.3 Å². The molecule has 0 aliphatic rings. The summed E-state index contributed by atoms with van der Waals surface area (Å²) in [7, 11) is 0. The van der Waals surface area contributed by atoms with E-state index in [4.69, 9.17) is 23.8 Å². The number of benzene rings is 9. The van der Waals surface area contributed by atoms with Gasteiger partial charge in [-0.3, -0.25) is 0 Å². The lowest BCUT2D eigenvalue weighted by Gasteiger charge is -2.13. The number of thiophene rings is 1. The summed E-state index contributed by atoms with van der Waals surface area (Å²) in [5.74, 6) is 2.40. The van der Waals surface area contributed by atoms with Crippen LogP contribution < -0.4 is 0 Å². The molecule has 0 amide bonds. The van der Waals surface area contributed by atoms with Crippen molar-refractivity contribution in [3.8, 4) is 39.9 Å². The van der Waals surface area contributed by atoms with E-state index < -0.39 is 0 Å². The molecule has 304 valence electrons. The van der Waals surface area contributed by atoms with Gasteiger partial charge in [0.25, 0.3) is 0 Å². The van der Waals surface area contributed by atoms with Crippen LogP contribution in [0.2, 0.25) is 0 Å². The minimum absolute atomic E-state index is 0.513. The Kier molecular flexibility index (Phi) is 7.53. The monoisotopic (exact) mass is 850 g/mol. The number of fused-ring (bicyclic) bond motifs is 14. The summed E-state index contributed by atoms with van der Waals surface area (Å²) in [6.07, 6.45) is 1.85. The smallest absolute Gasteiger partial charge is 0.167 e. The standard InChI is InChI=1S/C58H34N4O2S/c1-3-37-32(2)63-54-43(37)19-12-20-44(54)57-59-56(35-23-26-41-40-17-8-10-21-49(40)64-50(41)29-35)60-58(61-57)46-31-36(30-45-42-18-9-11-22-51(42)65-55(45)46)62-47-27-24-33-13-4-6-15-38(33)52(47)53-39-16-7-5-14-34(39)25-28-48(53)62/h3-31H,1H2,2H3. The van der Waals surface area contributed by atoms with Crippen LogP contribution in [0.3, 0.4) is 0 Å². The van der Waals surface area contributed by atoms with E-state index in [2.05, 4.69) is 145 Å². The molecule has 14 rings (SSSR count). The van der Waals surface area contributed by atoms with Gasteiger partial charge in [0.2, 0.25) is 0 Å². The van der Waals surface area contributed by atoms with Gasteiger partial charge in [-0.1, -0.05) is 128 Å². The Balaban J connectivity index is 1.09. The molecular formula is C58H34N4O2S. The van der Waals surface area contributed by atoms with E-state index in [0.717, 1.165) is 82.1 Å². The zero-order valence-electron chi connectivity index (χ0n) is 35.0. The first-order valence-corrected chi connectivity index (χ1v) is 22.5. The highest BCUT2D eigenvalue weighted by molar-refractivity contribution is 7.26. The number of rotatable bonds is 5. The Labute approximate surface area is 375 Å². The van der Waals surface area contributed by atoms with Gasteiger partial charge in [-0.2, -0.15) is 0 Å². The molecule has 0 fully saturated rings. The minimum Gasteiger partial charge on any atom is -0.460 e. The lowest BCUT2D eigenvalue weighted by Crippen LogP contribution is -2.02. The SMILES string of the molecule is C=Cc1c(C)oc2c(-c3nc(-c4ccc5c(c4)oc4ccccc45)nc(-c4cc(-n5c6ccc7ccccc7c6c6c7ccccc7ccc65)cc5c4sc4ccccc45)n3)cccc12. The molecule has 5 aromatic heterocycles. The molecule has 0 unspecified atom stereocenters. The third-order valence-electron chi connectivity index (χ3n) is 13.2. The fourth-order valence-corrected chi connectivity index (χ4v) is 11.4. The first-order chi connectivity index (χ1) is 32.1. The number of aromatic nitrogens is 4. The van der Waals surface area contributed by atoms with E-state index in [1.165, 1.54) is 42.4 Å². The molecule has 9 aromatic carbocycles. The first kappa shape index (κ1) is 36.1. The number of hydrogen-bond donors (Lipinski definition) is 0. The second kappa shape index (κ2) is 13.6. The average molecular weight is 851 g/mol. The van der Waals surface area contributed by atoms with Crippen LogP contribution in [0.25, 0.3) is 142 Å². The fourth-order valence-electron chi connectivity index (χ4n) is 10.2. The number of aryl methyl sites for hydroxylation is 1. The Morgan fingerprint density at radius 3 is 1.89 bits per heavy atom. The van der Waals surface area contributed by atoms with Crippen LogP contribution in [0, 0.1) is 6.92 Å². The Morgan fingerprint density at radius 1 is 0.508 bits per heavy atom. The molecule has 14 aromatic rings. The van der Waals surface area contributed by atoms with Crippen LogP contribution in [0.4, 0.5) is 0 Å². The molecule has 7 heteroatoms. The van der Waals surface area contributed by atoms with E-state index in [9.17, 15) is 0 Å². The predicted octanol–water partition coefficient (Wildman–Crippen LogP) is 16.2. The van der Waals surface area contributed by atoms with Gasteiger partial charge >= 0.3 is 0 Å². The summed E-state index contributed by atoms with van der Waals surface area (Å²) < 4.78 is 17.6. The normalized spacial score (nSPS) is 12.1. The molecule has 0 bridgehead atoms. The van der Waals surface area contributed by atoms with Gasteiger partial charge in [-0.05, 0) is 83.1 Å². The molecule has 0 saturated heterocycles. The van der Waals surface area contributed by atoms with E-state index in [1.807, 2.05) is 49.4 Å². The Bertz CT molecular complexity index is 4260. The van der Waals surface area contributed by atoms with Crippen molar-refractivity contribution >= 4 is 114 Å². The lowest BCUT2D eigenvalue weighted by atomic mass is 10.00. The molecule has 0 saturated carbocycles. The van der Waals surface area contributed by atoms with E-state index in [1.54, 1.807) is 11.3 Å². The fraction of sp³-hybridized carbons (Fsp3) is 0.0172. The van der Waals surface area contributed by atoms with Crippen LogP contribution in [-0.4, -0.2) is 19.5 Å². The minimum atomic E-state index is 0.513. The van der Waals surface area contributed by atoms with E-state index >= 15 is 0 Å². The highest BCUT2D eigenvalue weighted by atomic mass is 32.1. The molecule has 65 heavy (non-hydrogen) atoms. The van der Waals surface area contributed by atoms with Crippen molar-refractivity contribution in [1.82, 2.24) is 19.5 Å². The molecule has 0 radical (unpaired) electrons. The van der Waals surface area contributed by atoms with Gasteiger partial charge in [-0.15, -0.1) is 11.3 Å². The van der Waals surface area contributed by atoms with Crippen molar-refractivity contribution in [2.24, 2.45) is 0 Å². The third kappa shape index (κ3) is 5.24. The number of hydrogen-bond acceptors (Lipinski definition) is 6. The van der Waals surface area contributed by atoms with Crippen molar-refractivity contribution in [2.45, 2.75) is 6.92 Å². The van der Waals surface area contributed by atoms with Crippen molar-refractivity contribution < 1.29 is 8.83 Å². The van der Waals surface area contributed by atoms with Gasteiger partial charge in [0.05, 0.1) is 16.6 Å². The summed E-state index contributed by atoms with van der Waals surface area (Å²) in [6.45, 7) is 6.07. The molecule has 5 heterocycles. The number of furan rings is 2.